The molecule has 8 heteroatoms. The lowest BCUT2D eigenvalue weighted by atomic mass is 10.3. The molecule has 5 nitrogen and oxygen atoms in total. The fraction of sp³-hybridized carbons (Fsp3) is 0.0435. The standard InChI is InChI=1S/C23H17Cl2N3O2S/c24-17-9-6-11-20(22(17)25)30-15-28-14-13-19(27-28)23(29)26-18-10-4-5-12-21(18)31-16-7-2-1-3-8-16/h1-14H,15H2,(H,26,29). The van der Waals surface area contributed by atoms with Crippen molar-refractivity contribution in [3.63, 3.8) is 0 Å². The first kappa shape index (κ1) is 21.3. The Labute approximate surface area is 193 Å². The van der Waals surface area contributed by atoms with Crippen LogP contribution in [0.25, 0.3) is 0 Å². The summed E-state index contributed by atoms with van der Waals surface area (Å²) in [5.74, 6) is 0.142. The normalized spacial score (nSPS) is 10.6. The zero-order valence-corrected chi connectivity index (χ0v) is 18.5. The fourth-order valence-electron chi connectivity index (χ4n) is 2.75. The van der Waals surface area contributed by atoms with Crippen LogP contribution in [0.4, 0.5) is 5.69 Å². The van der Waals surface area contributed by atoms with Crippen molar-refractivity contribution in [2.75, 3.05) is 5.32 Å². The molecule has 0 saturated carbocycles. The molecular weight excluding hydrogens is 453 g/mol. The van der Waals surface area contributed by atoms with E-state index in [2.05, 4.69) is 10.4 Å². The molecule has 1 amide bonds. The van der Waals surface area contributed by atoms with Crippen molar-refractivity contribution in [1.82, 2.24) is 9.78 Å². The van der Waals surface area contributed by atoms with E-state index in [4.69, 9.17) is 27.9 Å². The second-order valence-electron chi connectivity index (χ2n) is 6.43. The van der Waals surface area contributed by atoms with E-state index in [9.17, 15) is 4.79 Å². The molecule has 1 aromatic heterocycles. The number of benzene rings is 3. The van der Waals surface area contributed by atoms with E-state index in [1.165, 1.54) is 4.68 Å². The molecule has 0 bridgehead atoms. The number of nitrogens with one attached hydrogen (secondary N) is 1. The van der Waals surface area contributed by atoms with Gasteiger partial charge in [0.1, 0.15) is 10.8 Å². The Morgan fingerprint density at radius 1 is 0.968 bits per heavy atom. The van der Waals surface area contributed by atoms with Crippen molar-refractivity contribution < 1.29 is 9.53 Å². The highest BCUT2D eigenvalue weighted by Gasteiger charge is 2.13. The Bertz CT molecular complexity index is 1200. The third kappa shape index (κ3) is 5.41. The van der Waals surface area contributed by atoms with Gasteiger partial charge in [-0.05, 0) is 42.5 Å². The number of para-hydroxylation sites is 1. The summed E-state index contributed by atoms with van der Waals surface area (Å²) in [5, 5.41) is 7.96. The number of carbonyl (C=O) groups is 1. The molecule has 0 aliphatic rings. The van der Waals surface area contributed by atoms with E-state index in [0.29, 0.717) is 15.8 Å². The molecule has 0 aliphatic heterocycles. The Kier molecular flexibility index (Phi) is 6.82. The number of anilines is 1. The Morgan fingerprint density at radius 3 is 2.58 bits per heavy atom. The van der Waals surface area contributed by atoms with E-state index in [1.54, 1.807) is 42.2 Å². The lowest BCUT2D eigenvalue weighted by Crippen LogP contribution is -2.14. The zero-order valence-electron chi connectivity index (χ0n) is 16.2. The zero-order chi connectivity index (χ0) is 21.6. The Hall–Kier alpha value is -2.93. The molecule has 0 saturated heterocycles. The number of nitrogens with zero attached hydrogens (tertiary/aromatic N) is 2. The first-order chi connectivity index (χ1) is 15.1. The van der Waals surface area contributed by atoms with Crippen LogP contribution >= 0.6 is 35.0 Å². The number of aromatic nitrogens is 2. The van der Waals surface area contributed by atoms with Crippen molar-refractivity contribution in [2.45, 2.75) is 16.5 Å². The summed E-state index contributed by atoms with van der Waals surface area (Å²) in [6.07, 6.45) is 1.66. The van der Waals surface area contributed by atoms with Gasteiger partial charge in [0, 0.05) is 16.0 Å². The molecule has 156 valence electrons. The highest BCUT2D eigenvalue weighted by Crippen LogP contribution is 2.33. The third-order valence-corrected chi connectivity index (χ3v) is 6.13. The average molecular weight is 470 g/mol. The molecule has 31 heavy (non-hydrogen) atoms. The maximum atomic E-state index is 12.7. The number of hydrogen-bond acceptors (Lipinski definition) is 4. The highest BCUT2D eigenvalue weighted by atomic mass is 35.5. The van der Waals surface area contributed by atoms with Gasteiger partial charge in [0.2, 0.25) is 0 Å². The van der Waals surface area contributed by atoms with Gasteiger partial charge in [-0.2, -0.15) is 5.10 Å². The van der Waals surface area contributed by atoms with Crippen molar-refractivity contribution >= 4 is 46.6 Å². The molecule has 1 heterocycles. The number of amides is 1. The first-order valence-electron chi connectivity index (χ1n) is 9.34. The van der Waals surface area contributed by atoms with E-state index in [-0.39, 0.29) is 18.3 Å². The van der Waals surface area contributed by atoms with Gasteiger partial charge < -0.3 is 10.1 Å². The van der Waals surface area contributed by atoms with Crippen molar-refractivity contribution in [2.24, 2.45) is 0 Å². The second-order valence-corrected chi connectivity index (χ2v) is 8.33. The highest BCUT2D eigenvalue weighted by molar-refractivity contribution is 7.99. The summed E-state index contributed by atoms with van der Waals surface area (Å²) in [5.41, 5.74) is 0.998. The van der Waals surface area contributed by atoms with Crippen molar-refractivity contribution in [1.29, 1.82) is 0 Å². The lowest BCUT2D eigenvalue weighted by Gasteiger charge is -2.10. The topological polar surface area (TPSA) is 56.2 Å². The minimum atomic E-state index is -0.305. The molecule has 0 spiro atoms. The van der Waals surface area contributed by atoms with Gasteiger partial charge in [0.25, 0.3) is 5.91 Å². The molecule has 4 rings (SSSR count). The van der Waals surface area contributed by atoms with E-state index in [1.807, 2.05) is 54.6 Å². The number of rotatable bonds is 7. The minimum Gasteiger partial charge on any atom is -0.470 e. The Morgan fingerprint density at radius 2 is 1.74 bits per heavy atom. The predicted octanol–water partition coefficient (Wildman–Crippen LogP) is 6.63. The van der Waals surface area contributed by atoms with Gasteiger partial charge in [-0.15, -0.1) is 0 Å². The maximum absolute atomic E-state index is 12.7. The van der Waals surface area contributed by atoms with Gasteiger partial charge in [0.15, 0.2) is 12.4 Å². The first-order valence-corrected chi connectivity index (χ1v) is 10.9. The van der Waals surface area contributed by atoms with E-state index < -0.39 is 0 Å². The monoisotopic (exact) mass is 469 g/mol. The Balaban J connectivity index is 1.42. The summed E-state index contributed by atoms with van der Waals surface area (Å²) in [4.78, 5) is 14.8. The quantitative estimate of drug-likeness (QED) is 0.329. The molecule has 0 unspecified atom stereocenters. The van der Waals surface area contributed by atoms with Gasteiger partial charge in [0.05, 0.1) is 10.7 Å². The van der Waals surface area contributed by atoms with Crippen LogP contribution in [-0.4, -0.2) is 15.7 Å². The smallest absolute Gasteiger partial charge is 0.276 e. The third-order valence-electron chi connectivity index (χ3n) is 4.25. The second kappa shape index (κ2) is 9.92. The van der Waals surface area contributed by atoms with Gasteiger partial charge in [-0.25, -0.2) is 4.68 Å². The maximum Gasteiger partial charge on any atom is 0.276 e. The van der Waals surface area contributed by atoms with Crippen molar-refractivity contribution in [3.8, 4) is 5.75 Å². The van der Waals surface area contributed by atoms with Crippen LogP contribution in [0.1, 0.15) is 10.5 Å². The number of hydrogen-bond donors (Lipinski definition) is 1. The number of halogens is 2. The van der Waals surface area contributed by atoms with Crippen LogP contribution < -0.4 is 10.1 Å². The van der Waals surface area contributed by atoms with Crippen LogP contribution in [0, 0.1) is 0 Å². The molecule has 0 aliphatic carbocycles. The summed E-state index contributed by atoms with van der Waals surface area (Å²) >= 11 is 13.7. The molecule has 1 N–H and O–H groups in total. The summed E-state index contributed by atoms with van der Waals surface area (Å²) in [7, 11) is 0. The van der Waals surface area contributed by atoms with Gasteiger partial charge in [-0.1, -0.05) is 71.4 Å². The SMILES string of the molecule is O=C(Nc1ccccc1Sc1ccccc1)c1ccn(COc2cccc(Cl)c2Cl)n1. The van der Waals surface area contributed by atoms with Crippen LogP contribution in [0.15, 0.2) is 94.9 Å². The molecule has 0 radical (unpaired) electrons. The van der Waals surface area contributed by atoms with Crippen LogP contribution in [-0.2, 0) is 6.73 Å². The number of ether oxygens (including phenoxy) is 1. The largest absolute Gasteiger partial charge is 0.470 e. The molecule has 0 atom stereocenters. The molecular formula is C23H17Cl2N3O2S. The van der Waals surface area contributed by atoms with Crippen LogP contribution in [0.5, 0.6) is 5.75 Å². The van der Waals surface area contributed by atoms with E-state index >= 15 is 0 Å². The molecule has 4 aromatic rings. The summed E-state index contributed by atoms with van der Waals surface area (Å²) in [6.45, 7) is 0.0911. The lowest BCUT2D eigenvalue weighted by molar-refractivity contribution is 0.102. The average Bonchev–Trinajstić information content (AvgIpc) is 3.26. The molecule has 0 fully saturated rings. The van der Waals surface area contributed by atoms with Crippen LogP contribution in [0.3, 0.4) is 0 Å². The molecule has 3 aromatic carbocycles. The van der Waals surface area contributed by atoms with E-state index in [0.717, 1.165) is 15.5 Å². The van der Waals surface area contributed by atoms with Gasteiger partial charge in [-0.3, -0.25) is 4.79 Å². The van der Waals surface area contributed by atoms with Crippen LogP contribution in [0.2, 0.25) is 10.0 Å². The number of carbonyl (C=O) groups excluding carboxylic acids is 1. The van der Waals surface area contributed by atoms with Gasteiger partial charge >= 0.3 is 0 Å². The minimum absolute atomic E-state index is 0.0911. The summed E-state index contributed by atoms with van der Waals surface area (Å²) < 4.78 is 7.16. The summed E-state index contributed by atoms with van der Waals surface area (Å²) in [6, 6.07) is 24.4. The fourth-order valence-corrected chi connectivity index (χ4v) is 4.02. The van der Waals surface area contributed by atoms with Crippen molar-refractivity contribution in [3.05, 3.63) is 101 Å². The predicted molar refractivity (Wildman–Crippen MR) is 124 cm³/mol.